The first-order chi connectivity index (χ1) is 18.9. The molecule has 0 aliphatic carbocycles. The highest BCUT2D eigenvalue weighted by atomic mass is 16.5. The molecule has 3 aliphatic heterocycles. The first-order valence-corrected chi connectivity index (χ1v) is 13.8. The molecule has 0 atom stereocenters. The van der Waals surface area contributed by atoms with Crippen molar-refractivity contribution in [3.63, 3.8) is 0 Å². The van der Waals surface area contributed by atoms with E-state index in [2.05, 4.69) is 43.0 Å². The van der Waals surface area contributed by atoms with Gasteiger partial charge < -0.3 is 20.3 Å². The Morgan fingerprint density at radius 3 is 2.69 bits per heavy atom. The second-order valence-corrected chi connectivity index (χ2v) is 10.8. The van der Waals surface area contributed by atoms with Crippen LogP contribution in [-0.2, 0) is 24.2 Å². The Labute approximate surface area is 229 Å². The number of aromatic nitrogens is 4. The topological polar surface area (TPSA) is 114 Å². The van der Waals surface area contributed by atoms with Gasteiger partial charge in [-0.05, 0) is 62.9 Å². The van der Waals surface area contributed by atoms with Gasteiger partial charge in [0.05, 0.1) is 17.7 Å². The van der Waals surface area contributed by atoms with Crippen LogP contribution in [-0.4, -0.2) is 64.1 Å². The summed E-state index contributed by atoms with van der Waals surface area (Å²) in [5.74, 6) is 1.54. The number of nitrogens with zero attached hydrogens (tertiary/aromatic N) is 5. The van der Waals surface area contributed by atoms with Crippen molar-refractivity contribution in [3.8, 4) is 5.75 Å². The predicted molar refractivity (Wildman–Crippen MR) is 148 cm³/mol. The number of piperidine rings is 1. The molecule has 0 saturated carbocycles. The molecule has 1 aromatic carbocycles. The zero-order chi connectivity index (χ0) is 27.2. The number of carbonyl (C=O) groups is 2. The molecule has 2 N–H and O–H groups in total. The first-order valence-electron chi connectivity index (χ1n) is 13.8. The molecule has 1 spiro atoms. The number of fused-ring (bicyclic) bond motifs is 8. The number of hydrogen-bond donors (Lipinski definition) is 2. The monoisotopic (exact) mass is 531 g/mol. The third kappa shape index (κ3) is 6.55. The Morgan fingerprint density at radius 1 is 1.13 bits per heavy atom. The van der Waals surface area contributed by atoms with Gasteiger partial charge in [-0.1, -0.05) is 17.3 Å². The molecule has 3 aliphatic rings. The molecule has 3 aromatic rings. The van der Waals surface area contributed by atoms with Crippen LogP contribution in [0.1, 0.15) is 54.7 Å². The SMILES string of the molecule is CC(C)NC(=O)c1ccnc(N2CCC3(CC2)Cc2cn(nn2)CCCOc2ccc(cc2)CCNC3=O)c1. The van der Waals surface area contributed by atoms with Gasteiger partial charge in [-0.2, -0.15) is 0 Å². The Bertz CT molecular complexity index is 1280. The molecule has 206 valence electrons. The van der Waals surface area contributed by atoms with Crippen molar-refractivity contribution in [3.05, 3.63) is 65.6 Å². The van der Waals surface area contributed by atoms with Gasteiger partial charge in [0.25, 0.3) is 5.91 Å². The largest absolute Gasteiger partial charge is 0.494 e. The van der Waals surface area contributed by atoms with Crippen LogP contribution < -0.4 is 20.3 Å². The Hall–Kier alpha value is -3.95. The lowest BCUT2D eigenvalue weighted by Gasteiger charge is -2.41. The van der Waals surface area contributed by atoms with E-state index in [1.165, 1.54) is 0 Å². The summed E-state index contributed by atoms with van der Waals surface area (Å²) < 4.78 is 7.69. The van der Waals surface area contributed by atoms with E-state index in [9.17, 15) is 9.59 Å². The zero-order valence-electron chi connectivity index (χ0n) is 22.7. The van der Waals surface area contributed by atoms with Crippen LogP contribution >= 0.6 is 0 Å². The lowest BCUT2D eigenvalue weighted by molar-refractivity contribution is -0.132. The Balaban J connectivity index is 1.32. The average molecular weight is 532 g/mol. The summed E-state index contributed by atoms with van der Waals surface area (Å²) in [6.45, 7) is 7.05. The number of ether oxygens (including phenoxy) is 1. The normalized spacial score (nSPS) is 17.9. The Morgan fingerprint density at radius 2 is 1.92 bits per heavy atom. The maximum atomic E-state index is 13.7. The predicted octanol–water partition coefficient (Wildman–Crippen LogP) is 2.78. The molecular formula is C29H37N7O3. The van der Waals surface area contributed by atoms with Crippen LogP contribution in [0.3, 0.4) is 0 Å². The lowest BCUT2D eigenvalue weighted by atomic mass is 9.74. The standard InChI is InChI=1S/C29H37N7O3/c1-21(2)32-27(37)23-9-13-30-26(18-23)35-15-10-29(11-16-35)19-24-20-36(34-33-24)14-3-17-39-25-6-4-22(5-7-25)8-12-31-28(29)38/h4-7,9,13,18,20-21H,3,8,10-12,14-17,19H2,1-2H3,(H,31,38)(H,32,37). The van der Waals surface area contributed by atoms with Crippen molar-refractivity contribution in [2.75, 3.05) is 31.1 Å². The van der Waals surface area contributed by atoms with E-state index in [1.807, 2.05) is 42.9 Å². The third-order valence-electron chi connectivity index (χ3n) is 7.48. The number of rotatable bonds is 3. The molecule has 0 unspecified atom stereocenters. The number of carbonyl (C=O) groups excluding carboxylic acids is 2. The van der Waals surface area contributed by atoms with Gasteiger partial charge in [0.1, 0.15) is 11.6 Å². The molecule has 0 radical (unpaired) electrons. The number of nitrogens with one attached hydrogen (secondary N) is 2. The van der Waals surface area contributed by atoms with Gasteiger partial charge in [0.15, 0.2) is 0 Å². The fraction of sp³-hybridized carbons (Fsp3) is 0.483. The highest BCUT2D eigenvalue weighted by molar-refractivity contribution is 5.95. The summed E-state index contributed by atoms with van der Waals surface area (Å²) in [4.78, 5) is 32.9. The van der Waals surface area contributed by atoms with Crippen LogP contribution in [0.25, 0.3) is 0 Å². The molecule has 10 nitrogen and oxygen atoms in total. The zero-order valence-corrected chi connectivity index (χ0v) is 22.7. The van der Waals surface area contributed by atoms with Crippen molar-refractivity contribution in [1.82, 2.24) is 30.6 Å². The van der Waals surface area contributed by atoms with Gasteiger partial charge in [0, 0.05) is 63.0 Å². The third-order valence-corrected chi connectivity index (χ3v) is 7.48. The van der Waals surface area contributed by atoms with Gasteiger partial charge in [0.2, 0.25) is 5.91 Å². The van der Waals surface area contributed by atoms with Crippen molar-refractivity contribution >= 4 is 17.6 Å². The van der Waals surface area contributed by atoms with E-state index in [1.54, 1.807) is 12.3 Å². The number of pyridine rings is 1. The van der Waals surface area contributed by atoms with E-state index in [0.29, 0.717) is 57.6 Å². The summed E-state index contributed by atoms with van der Waals surface area (Å²) in [7, 11) is 0. The van der Waals surface area contributed by atoms with Crippen molar-refractivity contribution in [2.45, 2.75) is 58.5 Å². The van der Waals surface area contributed by atoms with Crippen LogP contribution in [0, 0.1) is 5.41 Å². The summed E-state index contributed by atoms with van der Waals surface area (Å²) in [5.41, 5.74) is 1.97. The van der Waals surface area contributed by atoms with Crippen LogP contribution in [0.15, 0.2) is 48.8 Å². The number of aryl methyl sites for hydroxylation is 1. The van der Waals surface area contributed by atoms with E-state index >= 15 is 0 Å². The van der Waals surface area contributed by atoms with Crippen LogP contribution in [0.4, 0.5) is 5.82 Å². The van der Waals surface area contributed by atoms with Crippen molar-refractivity contribution in [1.29, 1.82) is 0 Å². The summed E-state index contributed by atoms with van der Waals surface area (Å²) in [6, 6.07) is 11.7. The molecule has 6 rings (SSSR count). The van der Waals surface area contributed by atoms with Crippen LogP contribution in [0.5, 0.6) is 5.75 Å². The molecule has 1 saturated heterocycles. The second kappa shape index (κ2) is 11.8. The smallest absolute Gasteiger partial charge is 0.251 e. The number of anilines is 1. The van der Waals surface area contributed by atoms with E-state index in [4.69, 9.17) is 4.74 Å². The van der Waals surface area contributed by atoms with Gasteiger partial charge in [-0.15, -0.1) is 5.10 Å². The molecular weight excluding hydrogens is 494 g/mol. The number of hydrogen-bond acceptors (Lipinski definition) is 7. The van der Waals surface area contributed by atoms with E-state index in [-0.39, 0.29) is 17.9 Å². The maximum absolute atomic E-state index is 13.7. The minimum absolute atomic E-state index is 0.0546. The summed E-state index contributed by atoms with van der Waals surface area (Å²) in [5, 5.41) is 14.8. The van der Waals surface area contributed by atoms with E-state index < -0.39 is 5.41 Å². The van der Waals surface area contributed by atoms with Gasteiger partial charge in [-0.25, -0.2) is 4.98 Å². The molecule has 5 heterocycles. The maximum Gasteiger partial charge on any atom is 0.251 e. The fourth-order valence-electron chi connectivity index (χ4n) is 5.28. The molecule has 10 heteroatoms. The number of amides is 2. The highest BCUT2D eigenvalue weighted by Gasteiger charge is 2.42. The highest BCUT2D eigenvalue weighted by Crippen LogP contribution is 2.36. The lowest BCUT2D eigenvalue weighted by Crippen LogP contribution is -2.50. The fourth-order valence-corrected chi connectivity index (χ4v) is 5.28. The minimum Gasteiger partial charge on any atom is -0.494 e. The summed E-state index contributed by atoms with van der Waals surface area (Å²) in [6.07, 6.45) is 7.02. The quantitative estimate of drug-likeness (QED) is 0.534. The number of benzene rings is 1. The van der Waals surface area contributed by atoms with Gasteiger partial charge in [-0.3, -0.25) is 14.3 Å². The first kappa shape index (κ1) is 26.6. The molecule has 2 amide bonds. The molecule has 39 heavy (non-hydrogen) atoms. The average Bonchev–Trinajstić information content (AvgIpc) is 3.38. The second-order valence-electron chi connectivity index (χ2n) is 10.8. The minimum atomic E-state index is -0.592. The molecule has 4 bridgehead atoms. The molecule has 1 fully saturated rings. The van der Waals surface area contributed by atoms with E-state index in [0.717, 1.165) is 35.7 Å². The van der Waals surface area contributed by atoms with Crippen molar-refractivity contribution in [2.24, 2.45) is 5.41 Å². The molecule has 2 aromatic heterocycles. The summed E-state index contributed by atoms with van der Waals surface area (Å²) >= 11 is 0. The van der Waals surface area contributed by atoms with Gasteiger partial charge >= 0.3 is 0 Å². The Kier molecular flexibility index (Phi) is 8.09. The van der Waals surface area contributed by atoms with Crippen molar-refractivity contribution < 1.29 is 14.3 Å². The van der Waals surface area contributed by atoms with Crippen LogP contribution in [0.2, 0.25) is 0 Å².